The second kappa shape index (κ2) is 8.52. The van der Waals surface area contributed by atoms with Gasteiger partial charge >= 0.3 is 0 Å². The van der Waals surface area contributed by atoms with Crippen LogP contribution in [-0.4, -0.2) is 44.1 Å². The van der Waals surface area contributed by atoms with Crippen molar-refractivity contribution in [2.75, 3.05) is 19.6 Å². The van der Waals surface area contributed by atoms with Crippen LogP contribution in [0.2, 0.25) is 0 Å². The lowest BCUT2D eigenvalue weighted by atomic mass is 10.1. The summed E-state index contributed by atoms with van der Waals surface area (Å²) in [6.07, 6.45) is 11.4. The molecule has 0 saturated carbocycles. The van der Waals surface area contributed by atoms with Crippen molar-refractivity contribution in [3.05, 3.63) is 60.4 Å². The number of nitrogens with one attached hydrogen (secondary N) is 1. The lowest BCUT2D eigenvalue weighted by molar-refractivity contribution is 0.223. The smallest absolute Gasteiger partial charge is 0.137 e. The van der Waals surface area contributed by atoms with Gasteiger partial charge in [-0.1, -0.05) is 24.6 Å². The highest BCUT2D eigenvalue weighted by atomic mass is 32.1. The molecule has 5 aromatic rings. The topological polar surface area (TPSA) is 49.7 Å². The Hall–Kier alpha value is -2.96. The van der Waals surface area contributed by atoms with Gasteiger partial charge in [0.25, 0.3) is 0 Å². The Morgan fingerprint density at radius 3 is 2.75 bits per heavy atom. The molecule has 0 radical (unpaired) electrons. The first-order valence-electron chi connectivity index (χ1n) is 11.6. The van der Waals surface area contributed by atoms with Gasteiger partial charge in [0.15, 0.2) is 0 Å². The van der Waals surface area contributed by atoms with Crippen molar-refractivity contribution in [1.82, 2.24) is 24.4 Å². The monoisotopic (exact) mass is 441 g/mol. The van der Waals surface area contributed by atoms with Crippen LogP contribution >= 0.6 is 11.3 Å². The van der Waals surface area contributed by atoms with Crippen LogP contribution in [0, 0.1) is 0 Å². The Balaban J connectivity index is 1.29. The minimum atomic E-state index is 0.905. The summed E-state index contributed by atoms with van der Waals surface area (Å²) in [6, 6.07) is 12.8. The molecule has 1 N–H and O–H groups in total. The summed E-state index contributed by atoms with van der Waals surface area (Å²) in [7, 11) is 0. The van der Waals surface area contributed by atoms with Crippen LogP contribution in [0.25, 0.3) is 43.8 Å². The van der Waals surface area contributed by atoms with Crippen molar-refractivity contribution in [2.24, 2.45) is 0 Å². The summed E-state index contributed by atoms with van der Waals surface area (Å²) in [5, 5.41) is 5.63. The van der Waals surface area contributed by atoms with Gasteiger partial charge < -0.3 is 14.5 Å². The molecule has 6 rings (SSSR count). The van der Waals surface area contributed by atoms with Crippen LogP contribution in [0.4, 0.5) is 0 Å². The SMILES string of the molecule is c1cnc2[nH]cc(-c3csc(-c4cn(CCCN5CCCCC5)c5ccccc45)n3)c2c1. The molecule has 6 heteroatoms. The molecule has 0 unspecified atom stereocenters. The average molecular weight is 442 g/mol. The number of nitrogens with zero attached hydrogens (tertiary/aromatic N) is 4. The molecule has 0 atom stereocenters. The maximum atomic E-state index is 5.04. The number of aryl methyl sites for hydroxylation is 1. The molecule has 1 aliphatic heterocycles. The van der Waals surface area contributed by atoms with Gasteiger partial charge in [0.1, 0.15) is 10.7 Å². The van der Waals surface area contributed by atoms with Crippen molar-refractivity contribution < 1.29 is 0 Å². The summed E-state index contributed by atoms with van der Waals surface area (Å²) in [4.78, 5) is 15.3. The predicted octanol–water partition coefficient (Wildman–Crippen LogP) is 6.18. The van der Waals surface area contributed by atoms with E-state index < -0.39 is 0 Å². The Bertz CT molecular complexity index is 1360. The molecular weight excluding hydrogens is 414 g/mol. The lowest BCUT2D eigenvalue weighted by Crippen LogP contribution is -2.31. The predicted molar refractivity (Wildman–Crippen MR) is 133 cm³/mol. The van der Waals surface area contributed by atoms with Gasteiger partial charge in [-0.3, -0.25) is 0 Å². The molecule has 0 aliphatic carbocycles. The van der Waals surface area contributed by atoms with Crippen molar-refractivity contribution >= 4 is 33.3 Å². The molecular formula is C26H27N5S. The number of hydrogen-bond donors (Lipinski definition) is 1. The third-order valence-corrected chi connectivity index (χ3v) is 7.45. The van der Waals surface area contributed by atoms with E-state index in [0.717, 1.165) is 33.8 Å². The Labute approximate surface area is 191 Å². The number of H-pyrrole nitrogens is 1. The normalized spacial score (nSPS) is 15.1. The summed E-state index contributed by atoms with van der Waals surface area (Å²) in [5.74, 6) is 0. The summed E-state index contributed by atoms with van der Waals surface area (Å²) < 4.78 is 2.42. The second-order valence-electron chi connectivity index (χ2n) is 8.65. The number of rotatable bonds is 6. The number of para-hydroxylation sites is 1. The lowest BCUT2D eigenvalue weighted by Gasteiger charge is -2.26. The highest BCUT2D eigenvalue weighted by molar-refractivity contribution is 7.13. The van der Waals surface area contributed by atoms with Crippen LogP contribution in [0.1, 0.15) is 25.7 Å². The zero-order valence-electron chi connectivity index (χ0n) is 18.1. The average Bonchev–Trinajstić information content (AvgIpc) is 3.57. The number of aromatic amines is 1. The van der Waals surface area contributed by atoms with Gasteiger partial charge in [-0.15, -0.1) is 11.3 Å². The Morgan fingerprint density at radius 2 is 1.81 bits per heavy atom. The molecule has 0 spiro atoms. The largest absolute Gasteiger partial charge is 0.347 e. The fraction of sp³-hybridized carbons (Fsp3) is 0.308. The van der Waals surface area contributed by atoms with Gasteiger partial charge in [0.05, 0.1) is 5.69 Å². The summed E-state index contributed by atoms with van der Waals surface area (Å²) in [6.45, 7) is 4.77. The summed E-state index contributed by atoms with van der Waals surface area (Å²) in [5.41, 5.74) is 5.55. The van der Waals surface area contributed by atoms with Crippen LogP contribution in [0.15, 0.2) is 60.4 Å². The van der Waals surface area contributed by atoms with E-state index >= 15 is 0 Å². The van der Waals surface area contributed by atoms with Crippen molar-refractivity contribution in [1.29, 1.82) is 0 Å². The van der Waals surface area contributed by atoms with Crippen LogP contribution in [-0.2, 0) is 6.54 Å². The molecule has 4 aromatic heterocycles. The molecule has 162 valence electrons. The first kappa shape index (κ1) is 19.7. The zero-order valence-corrected chi connectivity index (χ0v) is 18.9. The maximum absolute atomic E-state index is 5.04. The molecule has 1 aromatic carbocycles. The number of piperidine rings is 1. The Morgan fingerprint density at radius 1 is 0.938 bits per heavy atom. The van der Waals surface area contributed by atoms with Gasteiger partial charge in [0, 0.05) is 57.9 Å². The minimum absolute atomic E-state index is 0.905. The fourth-order valence-corrected chi connectivity index (χ4v) is 5.78. The van der Waals surface area contributed by atoms with Crippen molar-refractivity contribution in [2.45, 2.75) is 32.2 Å². The quantitative estimate of drug-likeness (QED) is 0.342. The van der Waals surface area contributed by atoms with E-state index in [1.807, 2.05) is 18.5 Å². The van der Waals surface area contributed by atoms with Gasteiger partial charge in [-0.05, 0) is 57.1 Å². The van der Waals surface area contributed by atoms with Crippen LogP contribution < -0.4 is 0 Å². The van der Waals surface area contributed by atoms with Gasteiger partial charge in [0.2, 0.25) is 0 Å². The maximum Gasteiger partial charge on any atom is 0.137 e. The van der Waals surface area contributed by atoms with E-state index in [4.69, 9.17) is 4.98 Å². The molecule has 32 heavy (non-hydrogen) atoms. The number of hydrogen-bond acceptors (Lipinski definition) is 4. The highest BCUT2D eigenvalue weighted by Gasteiger charge is 2.16. The molecule has 1 aliphatic rings. The van der Waals surface area contributed by atoms with Gasteiger partial charge in [-0.2, -0.15) is 0 Å². The molecule has 0 amide bonds. The van der Waals surface area contributed by atoms with E-state index in [9.17, 15) is 0 Å². The van der Waals surface area contributed by atoms with E-state index in [-0.39, 0.29) is 0 Å². The van der Waals surface area contributed by atoms with Crippen molar-refractivity contribution in [3.63, 3.8) is 0 Å². The van der Waals surface area contributed by atoms with E-state index in [0.29, 0.717) is 0 Å². The Kier molecular flexibility index (Phi) is 5.25. The number of fused-ring (bicyclic) bond motifs is 2. The molecule has 5 heterocycles. The molecule has 1 saturated heterocycles. The summed E-state index contributed by atoms with van der Waals surface area (Å²) >= 11 is 1.72. The van der Waals surface area contributed by atoms with E-state index in [1.54, 1.807) is 11.3 Å². The number of likely N-dealkylation sites (tertiary alicyclic amines) is 1. The number of thiazole rings is 1. The number of aromatic nitrogens is 4. The number of benzene rings is 1. The highest BCUT2D eigenvalue weighted by Crippen LogP contribution is 2.36. The van der Waals surface area contributed by atoms with Crippen LogP contribution in [0.5, 0.6) is 0 Å². The number of pyridine rings is 1. The minimum Gasteiger partial charge on any atom is -0.347 e. The van der Waals surface area contributed by atoms with Gasteiger partial charge in [-0.25, -0.2) is 9.97 Å². The fourth-order valence-electron chi connectivity index (χ4n) is 4.94. The first-order chi connectivity index (χ1) is 15.9. The second-order valence-corrected chi connectivity index (χ2v) is 9.51. The zero-order chi connectivity index (χ0) is 21.3. The molecule has 0 bridgehead atoms. The van der Waals surface area contributed by atoms with E-state index in [1.165, 1.54) is 61.8 Å². The first-order valence-corrected chi connectivity index (χ1v) is 12.4. The standard InChI is InChI=1S/C26H27N5S/c1-4-12-30(13-5-1)14-7-15-31-17-22(19-8-2-3-10-24(19)31)26-29-23(18-32-26)21-16-28-25-20(21)9-6-11-27-25/h2-3,6,8-11,16-18H,1,4-5,7,12-15H2,(H,27,28). The van der Waals surface area contributed by atoms with E-state index in [2.05, 4.69) is 61.3 Å². The molecule has 1 fully saturated rings. The molecule has 5 nitrogen and oxygen atoms in total. The third-order valence-electron chi connectivity index (χ3n) is 6.57. The van der Waals surface area contributed by atoms with Crippen molar-refractivity contribution in [3.8, 4) is 21.8 Å². The third kappa shape index (κ3) is 3.63. The van der Waals surface area contributed by atoms with Crippen LogP contribution in [0.3, 0.4) is 0 Å².